The number of alkyl halides is 3. The number of azo groups is 2. The molecule has 5 aromatic rings. The standard InChI is InChI=1S/C48H45Cl5N8O8/c1-5-68-43-31(24-50)9-7-11-37(43)56-45(64)29-13-16-34(52)39(22-29)58-60-41(26(3)62)47(66)54-33-15-18-36(28(21-33)19-20-49)55-48(67)42(27(4)63)61-59-40-23-30(14-17-35(40)53)46(65)57-38-12-8-10-32(25-51)44(38)69-6-2/h7-18,21-23,41-42H,5-6,19-20,24-25H2,1-4H3,(H,54,66)(H,55,67)(H,56,64)(H,57,65). The van der Waals surface area contributed by atoms with Gasteiger partial charge < -0.3 is 30.7 Å². The van der Waals surface area contributed by atoms with Crippen LogP contribution < -0.4 is 30.7 Å². The molecule has 2 atom stereocenters. The highest BCUT2D eigenvalue weighted by atomic mass is 35.5. The van der Waals surface area contributed by atoms with Crippen molar-refractivity contribution < 1.29 is 38.2 Å². The number of hydrogen-bond acceptors (Lipinski definition) is 12. The van der Waals surface area contributed by atoms with Crippen LogP contribution in [-0.2, 0) is 37.4 Å². The SMILES string of the molecule is CCOc1c(CCl)cccc1NC(=O)c1ccc(Cl)c(N=NC(C(C)=O)C(=O)Nc2ccc(NC(=O)C(N=Nc3cc(C(=O)Nc4cccc(CCl)c4OCC)ccc3Cl)C(C)=O)c(CCCl)c2)c1. The number of benzene rings is 5. The Labute approximate surface area is 422 Å². The first kappa shape index (κ1) is 53.5. The van der Waals surface area contributed by atoms with Crippen molar-refractivity contribution in [3.05, 3.63) is 129 Å². The predicted molar refractivity (Wildman–Crippen MR) is 269 cm³/mol. The Hall–Kier alpha value is -6.43. The Morgan fingerprint density at radius 3 is 1.43 bits per heavy atom. The molecule has 0 spiro atoms. The minimum Gasteiger partial charge on any atom is -0.491 e. The zero-order chi connectivity index (χ0) is 50.2. The van der Waals surface area contributed by atoms with Crippen LogP contribution in [0.5, 0.6) is 11.5 Å². The Balaban J connectivity index is 1.29. The third-order valence-corrected chi connectivity index (χ3v) is 11.2. The molecule has 0 aliphatic carbocycles. The molecule has 5 aromatic carbocycles. The van der Waals surface area contributed by atoms with E-state index in [1.807, 2.05) is 0 Å². The lowest BCUT2D eigenvalue weighted by Gasteiger charge is -2.16. The van der Waals surface area contributed by atoms with E-state index in [2.05, 4.69) is 41.7 Å². The van der Waals surface area contributed by atoms with Gasteiger partial charge in [0.15, 0.2) is 11.6 Å². The van der Waals surface area contributed by atoms with Gasteiger partial charge in [0.1, 0.15) is 22.9 Å². The van der Waals surface area contributed by atoms with Crippen molar-refractivity contribution in [2.24, 2.45) is 20.5 Å². The van der Waals surface area contributed by atoms with Crippen LogP contribution in [0.1, 0.15) is 65.1 Å². The van der Waals surface area contributed by atoms with E-state index in [1.54, 1.807) is 50.2 Å². The molecule has 0 bridgehead atoms. The van der Waals surface area contributed by atoms with Crippen molar-refractivity contribution in [1.82, 2.24) is 0 Å². The first-order valence-electron chi connectivity index (χ1n) is 21.1. The van der Waals surface area contributed by atoms with E-state index >= 15 is 0 Å². The smallest absolute Gasteiger partial charge is 0.258 e. The lowest BCUT2D eigenvalue weighted by Crippen LogP contribution is -2.32. The molecule has 360 valence electrons. The van der Waals surface area contributed by atoms with Crippen molar-refractivity contribution in [3.63, 3.8) is 0 Å². The molecule has 0 saturated carbocycles. The summed E-state index contributed by atoms with van der Waals surface area (Å²) in [7, 11) is 0. The first-order chi connectivity index (χ1) is 33.1. The molecule has 4 N–H and O–H groups in total. The van der Waals surface area contributed by atoms with Gasteiger partial charge in [0.05, 0.1) is 46.4 Å². The highest BCUT2D eigenvalue weighted by Gasteiger charge is 2.27. The molecule has 21 heteroatoms. The van der Waals surface area contributed by atoms with Gasteiger partial charge in [-0.05, 0) is 106 Å². The number of ether oxygens (including phenoxy) is 2. The number of hydrogen-bond donors (Lipinski definition) is 4. The molecule has 4 amide bonds. The van der Waals surface area contributed by atoms with Gasteiger partial charge in [-0.1, -0.05) is 47.5 Å². The predicted octanol–water partition coefficient (Wildman–Crippen LogP) is 11.9. The molecule has 69 heavy (non-hydrogen) atoms. The number of amides is 4. The quantitative estimate of drug-likeness (QED) is 0.0296. The number of carbonyl (C=O) groups is 6. The monoisotopic (exact) mass is 1040 g/mol. The maximum Gasteiger partial charge on any atom is 0.258 e. The van der Waals surface area contributed by atoms with Gasteiger partial charge >= 0.3 is 0 Å². The van der Waals surface area contributed by atoms with Crippen LogP contribution in [0.4, 0.5) is 34.1 Å². The average Bonchev–Trinajstić information content (AvgIpc) is 3.32. The van der Waals surface area contributed by atoms with Gasteiger partial charge in [-0.15, -0.1) is 34.8 Å². The number of nitrogens with zero attached hydrogens (tertiary/aromatic N) is 4. The molecule has 0 aliphatic rings. The summed E-state index contributed by atoms with van der Waals surface area (Å²) in [4.78, 5) is 79.1. The summed E-state index contributed by atoms with van der Waals surface area (Å²) in [6.45, 7) is 6.60. The van der Waals surface area contributed by atoms with E-state index in [1.165, 1.54) is 54.6 Å². The van der Waals surface area contributed by atoms with Crippen LogP contribution in [0.15, 0.2) is 111 Å². The second-order valence-electron chi connectivity index (χ2n) is 14.7. The largest absolute Gasteiger partial charge is 0.491 e. The Morgan fingerprint density at radius 1 is 0.551 bits per heavy atom. The molecule has 0 heterocycles. The fourth-order valence-corrected chi connectivity index (χ4v) is 7.38. The van der Waals surface area contributed by atoms with Gasteiger partial charge in [0, 0.05) is 39.5 Å². The fourth-order valence-electron chi connectivity index (χ4n) is 6.45. The second kappa shape index (κ2) is 25.8. The highest BCUT2D eigenvalue weighted by Crippen LogP contribution is 2.34. The van der Waals surface area contributed by atoms with Crippen molar-refractivity contribution in [2.45, 2.75) is 58.0 Å². The van der Waals surface area contributed by atoms with Gasteiger partial charge in [0.25, 0.3) is 23.6 Å². The normalized spacial score (nSPS) is 12.0. The summed E-state index contributed by atoms with van der Waals surface area (Å²) in [6.07, 6.45) is 0.198. The lowest BCUT2D eigenvalue weighted by atomic mass is 10.1. The van der Waals surface area contributed by atoms with E-state index in [0.717, 1.165) is 13.8 Å². The van der Waals surface area contributed by atoms with Gasteiger partial charge in [0.2, 0.25) is 12.1 Å². The molecule has 16 nitrogen and oxygen atoms in total. The lowest BCUT2D eigenvalue weighted by molar-refractivity contribution is -0.127. The topological polar surface area (TPSA) is 218 Å². The highest BCUT2D eigenvalue weighted by molar-refractivity contribution is 6.33. The van der Waals surface area contributed by atoms with Crippen LogP contribution in [0.2, 0.25) is 10.0 Å². The van der Waals surface area contributed by atoms with E-state index < -0.39 is 47.3 Å². The Morgan fingerprint density at radius 2 is 1.01 bits per heavy atom. The van der Waals surface area contributed by atoms with Crippen LogP contribution in [0.25, 0.3) is 0 Å². The van der Waals surface area contributed by atoms with Crippen LogP contribution >= 0.6 is 58.0 Å². The molecule has 0 radical (unpaired) electrons. The summed E-state index contributed by atoms with van der Waals surface area (Å²) in [5.41, 5.74) is 3.38. The number of Topliss-reactive ketones (excluding diaryl/α,β-unsaturated/α-hetero) is 2. The minimum atomic E-state index is -1.64. The van der Waals surface area contributed by atoms with Gasteiger partial charge in [-0.25, -0.2) is 0 Å². The number of ketones is 2. The van der Waals surface area contributed by atoms with Gasteiger partial charge in [-0.3, -0.25) is 28.8 Å². The maximum atomic E-state index is 13.6. The summed E-state index contributed by atoms with van der Waals surface area (Å²) < 4.78 is 11.4. The van der Waals surface area contributed by atoms with Crippen LogP contribution in [0.3, 0.4) is 0 Å². The number of para-hydroxylation sites is 2. The van der Waals surface area contributed by atoms with E-state index in [4.69, 9.17) is 67.5 Å². The van der Waals surface area contributed by atoms with Crippen LogP contribution in [0, 0.1) is 0 Å². The molecule has 0 aromatic heterocycles. The summed E-state index contributed by atoms with van der Waals surface area (Å²) >= 11 is 31.0. The third-order valence-electron chi connectivity index (χ3n) is 9.79. The zero-order valence-corrected chi connectivity index (χ0v) is 41.3. The maximum absolute atomic E-state index is 13.6. The van der Waals surface area contributed by atoms with Crippen molar-refractivity contribution in [1.29, 1.82) is 0 Å². The second-order valence-corrected chi connectivity index (χ2v) is 16.4. The summed E-state index contributed by atoms with van der Waals surface area (Å²) in [6, 6.07) is 20.0. The number of carbonyl (C=O) groups excluding carboxylic acids is 6. The number of halogens is 5. The fraction of sp³-hybridized carbons (Fsp3) is 0.250. The molecular formula is C48H45Cl5N8O8. The van der Waals surface area contributed by atoms with Crippen LogP contribution in [-0.4, -0.2) is 66.4 Å². The molecule has 0 saturated heterocycles. The zero-order valence-electron chi connectivity index (χ0n) is 37.5. The summed E-state index contributed by atoms with van der Waals surface area (Å²) in [5, 5.41) is 27.2. The molecular weight excluding hydrogens is 994 g/mol. The summed E-state index contributed by atoms with van der Waals surface area (Å²) in [5.74, 6) is -2.77. The van der Waals surface area contributed by atoms with E-state index in [9.17, 15) is 28.8 Å². The average molecular weight is 1040 g/mol. The third kappa shape index (κ3) is 14.3. The van der Waals surface area contributed by atoms with Crippen molar-refractivity contribution in [3.8, 4) is 11.5 Å². The number of aryl methyl sites for hydroxylation is 1. The van der Waals surface area contributed by atoms with Crippen molar-refractivity contribution in [2.75, 3.05) is 40.4 Å². The minimum absolute atomic E-state index is 0.00981. The molecule has 2 unspecified atom stereocenters. The van der Waals surface area contributed by atoms with E-state index in [-0.39, 0.29) is 68.0 Å². The molecule has 5 rings (SSSR count). The Bertz CT molecular complexity index is 2810. The molecule has 0 fully saturated rings. The molecule has 0 aliphatic heterocycles. The Kier molecular flexibility index (Phi) is 20.0. The first-order valence-corrected chi connectivity index (χ1v) is 23.4. The number of anilines is 4. The van der Waals surface area contributed by atoms with Gasteiger partial charge in [-0.2, -0.15) is 20.5 Å². The van der Waals surface area contributed by atoms with Crippen molar-refractivity contribution >= 4 is 127 Å². The number of rotatable bonds is 22. The van der Waals surface area contributed by atoms with E-state index in [0.29, 0.717) is 52.8 Å². The number of nitrogens with one attached hydrogen (secondary N) is 4.